The van der Waals surface area contributed by atoms with Crippen LogP contribution in [0.3, 0.4) is 0 Å². The molecule has 6 nitrogen and oxygen atoms in total. The number of para-hydroxylation sites is 1. The zero-order valence-corrected chi connectivity index (χ0v) is 13.9. The van der Waals surface area contributed by atoms with Crippen LogP contribution in [0.4, 0.5) is 5.69 Å². The SMILES string of the molecule is CC(=O)N1CCCC12CCN(c1ccccc1/C=C/C(=O)NO)C2. The number of nitrogens with one attached hydrogen (secondary N) is 1. The van der Waals surface area contributed by atoms with Gasteiger partial charge in [-0.25, -0.2) is 5.48 Å². The third kappa shape index (κ3) is 3.01. The first-order chi connectivity index (χ1) is 11.6. The highest BCUT2D eigenvalue weighted by Gasteiger charge is 2.47. The first-order valence-corrected chi connectivity index (χ1v) is 8.30. The average molecular weight is 329 g/mol. The molecule has 0 aromatic heterocycles. The summed E-state index contributed by atoms with van der Waals surface area (Å²) in [6, 6.07) is 7.87. The van der Waals surface area contributed by atoms with Gasteiger partial charge >= 0.3 is 0 Å². The Balaban J connectivity index is 1.83. The van der Waals surface area contributed by atoms with Crippen LogP contribution in [-0.4, -0.2) is 47.1 Å². The molecule has 0 bridgehead atoms. The van der Waals surface area contributed by atoms with Crippen LogP contribution in [0.1, 0.15) is 31.7 Å². The molecule has 2 aliphatic rings. The van der Waals surface area contributed by atoms with E-state index in [2.05, 4.69) is 4.90 Å². The number of likely N-dealkylation sites (tertiary alicyclic amines) is 1. The molecule has 0 saturated carbocycles. The highest BCUT2D eigenvalue weighted by atomic mass is 16.5. The lowest BCUT2D eigenvalue weighted by molar-refractivity contribution is -0.132. The molecule has 1 aromatic rings. The quantitative estimate of drug-likeness (QED) is 0.504. The van der Waals surface area contributed by atoms with E-state index in [1.54, 1.807) is 18.5 Å². The first-order valence-electron chi connectivity index (χ1n) is 8.30. The van der Waals surface area contributed by atoms with Gasteiger partial charge in [0.2, 0.25) is 5.91 Å². The Bertz CT molecular complexity index is 673. The molecule has 1 spiro atoms. The molecule has 2 fully saturated rings. The maximum Gasteiger partial charge on any atom is 0.267 e. The normalized spacial score (nSPS) is 23.4. The van der Waals surface area contributed by atoms with Crippen molar-refractivity contribution in [1.29, 1.82) is 0 Å². The number of hydrogen-bond acceptors (Lipinski definition) is 4. The molecule has 2 N–H and O–H groups in total. The van der Waals surface area contributed by atoms with Crippen molar-refractivity contribution < 1.29 is 14.8 Å². The van der Waals surface area contributed by atoms with Gasteiger partial charge in [-0.15, -0.1) is 0 Å². The summed E-state index contributed by atoms with van der Waals surface area (Å²) in [7, 11) is 0. The van der Waals surface area contributed by atoms with E-state index in [0.717, 1.165) is 50.1 Å². The Hall–Kier alpha value is -2.34. The number of nitrogens with zero attached hydrogens (tertiary/aromatic N) is 2. The Kier molecular flexibility index (Phi) is 4.57. The fraction of sp³-hybridized carbons (Fsp3) is 0.444. The van der Waals surface area contributed by atoms with E-state index in [9.17, 15) is 9.59 Å². The molecule has 2 heterocycles. The summed E-state index contributed by atoms with van der Waals surface area (Å²) in [4.78, 5) is 27.5. The van der Waals surface area contributed by atoms with Gasteiger partial charge in [-0.05, 0) is 37.0 Å². The molecule has 24 heavy (non-hydrogen) atoms. The lowest BCUT2D eigenvalue weighted by atomic mass is 9.95. The van der Waals surface area contributed by atoms with Gasteiger partial charge < -0.3 is 9.80 Å². The van der Waals surface area contributed by atoms with E-state index >= 15 is 0 Å². The number of amides is 2. The van der Waals surface area contributed by atoms with Crippen LogP contribution >= 0.6 is 0 Å². The van der Waals surface area contributed by atoms with Gasteiger partial charge in [0.15, 0.2) is 0 Å². The fourth-order valence-electron chi connectivity index (χ4n) is 4.04. The molecule has 3 rings (SSSR count). The van der Waals surface area contributed by atoms with Crippen molar-refractivity contribution in [3.05, 3.63) is 35.9 Å². The van der Waals surface area contributed by atoms with Gasteiger partial charge in [-0.1, -0.05) is 18.2 Å². The number of benzene rings is 1. The second kappa shape index (κ2) is 6.65. The van der Waals surface area contributed by atoms with E-state index in [1.165, 1.54) is 6.08 Å². The highest BCUT2D eigenvalue weighted by molar-refractivity contribution is 5.92. The molecule has 6 heteroatoms. The van der Waals surface area contributed by atoms with Crippen LogP contribution in [0, 0.1) is 0 Å². The Labute approximate surface area is 141 Å². The lowest BCUT2D eigenvalue weighted by Crippen LogP contribution is -2.48. The molecule has 2 saturated heterocycles. The molecule has 2 aliphatic heterocycles. The molecule has 1 unspecified atom stereocenters. The first kappa shape index (κ1) is 16.5. The van der Waals surface area contributed by atoms with Crippen LogP contribution in [0.5, 0.6) is 0 Å². The summed E-state index contributed by atoms with van der Waals surface area (Å²) in [5.41, 5.74) is 3.52. The molecule has 1 atom stereocenters. The zero-order chi connectivity index (χ0) is 17.2. The van der Waals surface area contributed by atoms with Crippen molar-refractivity contribution in [1.82, 2.24) is 10.4 Å². The van der Waals surface area contributed by atoms with Crippen LogP contribution in [-0.2, 0) is 9.59 Å². The number of anilines is 1. The topological polar surface area (TPSA) is 72.9 Å². The second-order valence-corrected chi connectivity index (χ2v) is 6.54. The highest BCUT2D eigenvalue weighted by Crippen LogP contribution is 2.40. The van der Waals surface area contributed by atoms with Gasteiger partial charge in [0.05, 0.1) is 5.54 Å². The Morgan fingerprint density at radius 1 is 1.25 bits per heavy atom. The number of hydroxylamine groups is 1. The van der Waals surface area contributed by atoms with Crippen molar-refractivity contribution in [2.75, 3.05) is 24.5 Å². The predicted molar refractivity (Wildman–Crippen MR) is 91.6 cm³/mol. The largest absolute Gasteiger partial charge is 0.369 e. The van der Waals surface area contributed by atoms with Crippen molar-refractivity contribution in [2.45, 2.75) is 31.7 Å². The van der Waals surface area contributed by atoms with Crippen molar-refractivity contribution in [3.63, 3.8) is 0 Å². The summed E-state index contributed by atoms with van der Waals surface area (Å²) < 4.78 is 0. The number of rotatable bonds is 3. The van der Waals surface area contributed by atoms with Crippen LogP contribution in [0.15, 0.2) is 30.3 Å². The molecule has 2 amide bonds. The van der Waals surface area contributed by atoms with E-state index in [-0.39, 0.29) is 11.4 Å². The minimum Gasteiger partial charge on any atom is -0.369 e. The molecule has 128 valence electrons. The third-order valence-corrected chi connectivity index (χ3v) is 5.11. The lowest BCUT2D eigenvalue weighted by Gasteiger charge is -2.35. The van der Waals surface area contributed by atoms with Crippen molar-refractivity contribution >= 4 is 23.6 Å². The second-order valence-electron chi connectivity index (χ2n) is 6.54. The van der Waals surface area contributed by atoms with Crippen molar-refractivity contribution in [3.8, 4) is 0 Å². The van der Waals surface area contributed by atoms with E-state index < -0.39 is 5.91 Å². The number of hydrogen-bond donors (Lipinski definition) is 2. The van der Waals surface area contributed by atoms with Gasteiger partial charge in [0.25, 0.3) is 5.91 Å². The van der Waals surface area contributed by atoms with Crippen molar-refractivity contribution in [2.24, 2.45) is 0 Å². The standard InChI is InChI=1S/C18H23N3O3/c1-14(22)21-11-4-9-18(21)10-12-20(13-18)16-6-3-2-5-15(16)7-8-17(23)19-24/h2-3,5-8,24H,4,9-13H2,1H3,(H,19,23)/b8-7+. The fourth-order valence-corrected chi connectivity index (χ4v) is 4.04. The van der Waals surface area contributed by atoms with E-state index in [0.29, 0.717) is 0 Å². The predicted octanol–water partition coefficient (Wildman–Crippen LogP) is 1.80. The summed E-state index contributed by atoms with van der Waals surface area (Å²) in [6.07, 6.45) is 6.09. The minimum absolute atomic E-state index is 0.0505. The summed E-state index contributed by atoms with van der Waals surface area (Å²) in [6.45, 7) is 4.21. The maximum atomic E-state index is 12.0. The monoisotopic (exact) mass is 329 g/mol. The summed E-state index contributed by atoms with van der Waals surface area (Å²) in [5, 5.41) is 8.62. The number of carbonyl (C=O) groups excluding carboxylic acids is 2. The Morgan fingerprint density at radius 2 is 2.04 bits per heavy atom. The average Bonchev–Trinajstić information content (AvgIpc) is 3.20. The molecular formula is C18H23N3O3. The maximum absolute atomic E-state index is 12.0. The van der Waals surface area contributed by atoms with Crippen LogP contribution in [0.2, 0.25) is 0 Å². The molecule has 0 radical (unpaired) electrons. The van der Waals surface area contributed by atoms with E-state index in [4.69, 9.17) is 5.21 Å². The summed E-state index contributed by atoms with van der Waals surface area (Å²) >= 11 is 0. The van der Waals surface area contributed by atoms with Gasteiger partial charge in [0, 0.05) is 38.3 Å². The van der Waals surface area contributed by atoms with Gasteiger partial charge in [-0.2, -0.15) is 0 Å². The minimum atomic E-state index is -0.554. The van der Waals surface area contributed by atoms with Crippen LogP contribution < -0.4 is 10.4 Å². The molecule has 0 aliphatic carbocycles. The molecular weight excluding hydrogens is 306 g/mol. The Morgan fingerprint density at radius 3 is 2.79 bits per heavy atom. The number of carbonyl (C=O) groups is 2. The van der Waals surface area contributed by atoms with Crippen LogP contribution in [0.25, 0.3) is 6.08 Å². The van der Waals surface area contributed by atoms with Gasteiger partial charge in [0.1, 0.15) is 0 Å². The zero-order valence-electron chi connectivity index (χ0n) is 13.9. The third-order valence-electron chi connectivity index (χ3n) is 5.11. The molecule has 1 aromatic carbocycles. The van der Waals surface area contributed by atoms with E-state index in [1.807, 2.05) is 29.2 Å². The summed E-state index contributed by atoms with van der Waals surface area (Å²) in [5.74, 6) is -0.400. The van der Waals surface area contributed by atoms with Gasteiger partial charge in [-0.3, -0.25) is 14.8 Å². The smallest absolute Gasteiger partial charge is 0.267 e.